The lowest BCUT2D eigenvalue weighted by atomic mass is 10.1. The summed E-state index contributed by atoms with van der Waals surface area (Å²) in [5.74, 6) is 0.261. The second-order valence-corrected chi connectivity index (χ2v) is 5.29. The molecule has 0 amide bonds. The summed E-state index contributed by atoms with van der Waals surface area (Å²) in [4.78, 5) is 12.3. The summed E-state index contributed by atoms with van der Waals surface area (Å²) in [6.07, 6.45) is 9.17. The third kappa shape index (κ3) is 2.72. The molecular weight excluding hydrogens is 300 g/mol. The van der Waals surface area contributed by atoms with Gasteiger partial charge in [-0.2, -0.15) is 5.10 Å². The Kier molecular flexibility index (Phi) is 3.47. The van der Waals surface area contributed by atoms with Crippen molar-refractivity contribution in [3.8, 4) is 11.3 Å². The van der Waals surface area contributed by atoms with Gasteiger partial charge in [0.2, 0.25) is 5.95 Å². The number of nitrogen functional groups attached to an aromatic ring is 1. The third-order valence-electron chi connectivity index (χ3n) is 3.68. The van der Waals surface area contributed by atoms with Crippen molar-refractivity contribution in [2.75, 3.05) is 5.73 Å². The molecule has 3 heterocycles. The van der Waals surface area contributed by atoms with Crippen molar-refractivity contribution in [3.63, 3.8) is 0 Å². The second-order valence-electron chi connectivity index (χ2n) is 5.29. The molecule has 24 heavy (non-hydrogen) atoms. The normalized spacial score (nSPS) is 11.3. The zero-order valence-electron chi connectivity index (χ0n) is 12.7. The van der Waals surface area contributed by atoms with Crippen molar-refractivity contribution in [3.05, 3.63) is 66.2 Å². The Balaban J connectivity index is 1.69. The standard InChI is InChI=1S/C18H14N6/c19-18-21-9-7-15(22-18)13-4-5-14-16(23-24-17(14)10-13)6-3-12-2-1-8-20-11-12/h1-11H,(H,23,24)(H2,19,21,22)/b6-3+. The van der Waals surface area contributed by atoms with Crippen molar-refractivity contribution < 1.29 is 0 Å². The lowest BCUT2D eigenvalue weighted by molar-refractivity contribution is 1.11. The molecule has 0 fully saturated rings. The van der Waals surface area contributed by atoms with Crippen LogP contribution in [0.1, 0.15) is 11.3 Å². The van der Waals surface area contributed by atoms with Crippen molar-refractivity contribution in [2.24, 2.45) is 0 Å². The monoisotopic (exact) mass is 314 g/mol. The van der Waals surface area contributed by atoms with E-state index in [1.165, 1.54) is 0 Å². The molecule has 0 unspecified atom stereocenters. The van der Waals surface area contributed by atoms with Crippen LogP contribution in [-0.2, 0) is 0 Å². The molecule has 3 aromatic heterocycles. The smallest absolute Gasteiger partial charge is 0.220 e. The van der Waals surface area contributed by atoms with Crippen molar-refractivity contribution in [1.29, 1.82) is 0 Å². The van der Waals surface area contributed by atoms with Crippen LogP contribution in [-0.4, -0.2) is 25.1 Å². The van der Waals surface area contributed by atoms with Crippen LogP contribution in [0.3, 0.4) is 0 Å². The minimum Gasteiger partial charge on any atom is -0.368 e. The fourth-order valence-corrected chi connectivity index (χ4v) is 2.51. The molecule has 0 radical (unpaired) electrons. The molecule has 0 aliphatic carbocycles. The first-order valence-electron chi connectivity index (χ1n) is 7.45. The van der Waals surface area contributed by atoms with Gasteiger partial charge in [0.25, 0.3) is 0 Å². The summed E-state index contributed by atoms with van der Waals surface area (Å²) in [5.41, 5.74) is 10.2. The number of hydrogen-bond acceptors (Lipinski definition) is 5. The average molecular weight is 314 g/mol. The van der Waals surface area contributed by atoms with Crippen LogP contribution < -0.4 is 5.73 Å². The number of H-pyrrole nitrogens is 1. The molecular formula is C18H14N6. The summed E-state index contributed by atoms with van der Waals surface area (Å²) in [7, 11) is 0. The molecule has 0 bridgehead atoms. The van der Waals surface area contributed by atoms with E-state index >= 15 is 0 Å². The summed E-state index contributed by atoms with van der Waals surface area (Å²) in [6, 6.07) is 11.8. The average Bonchev–Trinajstić information content (AvgIpc) is 3.03. The van der Waals surface area contributed by atoms with Gasteiger partial charge < -0.3 is 5.73 Å². The molecule has 4 rings (SSSR count). The van der Waals surface area contributed by atoms with Crippen LogP contribution in [0.2, 0.25) is 0 Å². The summed E-state index contributed by atoms with van der Waals surface area (Å²) in [6.45, 7) is 0. The Morgan fingerprint density at radius 2 is 2.00 bits per heavy atom. The van der Waals surface area contributed by atoms with Gasteiger partial charge in [0, 0.05) is 29.5 Å². The number of aromatic nitrogens is 5. The number of fused-ring (bicyclic) bond motifs is 1. The molecule has 0 spiro atoms. The molecule has 0 aliphatic heterocycles. The maximum absolute atomic E-state index is 5.65. The van der Waals surface area contributed by atoms with E-state index in [0.29, 0.717) is 0 Å². The highest BCUT2D eigenvalue weighted by atomic mass is 15.1. The molecule has 0 atom stereocenters. The van der Waals surface area contributed by atoms with Gasteiger partial charge in [-0.25, -0.2) is 9.97 Å². The van der Waals surface area contributed by atoms with E-state index in [1.54, 1.807) is 12.4 Å². The number of nitrogens with zero attached hydrogens (tertiary/aromatic N) is 4. The fourth-order valence-electron chi connectivity index (χ4n) is 2.51. The Labute approximate surface area is 138 Å². The zero-order chi connectivity index (χ0) is 16.4. The van der Waals surface area contributed by atoms with Gasteiger partial charge in [0.15, 0.2) is 0 Å². The van der Waals surface area contributed by atoms with Crippen LogP contribution in [0.15, 0.2) is 55.0 Å². The number of aromatic amines is 1. The van der Waals surface area contributed by atoms with Crippen molar-refractivity contribution in [2.45, 2.75) is 0 Å². The predicted molar refractivity (Wildman–Crippen MR) is 94.7 cm³/mol. The minimum atomic E-state index is 0.261. The van der Waals surface area contributed by atoms with Gasteiger partial charge >= 0.3 is 0 Å². The van der Waals surface area contributed by atoms with E-state index in [1.807, 2.05) is 54.7 Å². The summed E-state index contributed by atoms with van der Waals surface area (Å²) < 4.78 is 0. The number of rotatable bonds is 3. The third-order valence-corrected chi connectivity index (χ3v) is 3.68. The quantitative estimate of drug-likeness (QED) is 0.606. The number of pyridine rings is 1. The van der Waals surface area contributed by atoms with Crippen LogP contribution in [0, 0.1) is 0 Å². The van der Waals surface area contributed by atoms with Gasteiger partial charge in [-0.3, -0.25) is 10.1 Å². The van der Waals surface area contributed by atoms with Gasteiger partial charge in [-0.15, -0.1) is 0 Å². The van der Waals surface area contributed by atoms with Crippen LogP contribution in [0.5, 0.6) is 0 Å². The number of nitrogens with one attached hydrogen (secondary N) is 1. The van der Waals surface area contributed by atoms with E-state index < -0.39 is 0 Å². The summed E-state index contributed by atoms with van der Waals surface area (Å²) >= 11 is 0. The highest BCUT2D eigenvalue weighted by molar-refractivity contribution is 5.91. The Morgan fingerprint density at radius 3 is 2.83 bits per heavy atom. The Hall–Kier alpha value is -3.54. The van der Waals surface area contributed by atoms with E-state index in [0.717, 1.165) is 33.4 Å². The largest absolute Gasteiger partial charge is 0.368 e. The molecule has 6 heteroatoms. The molecule has 1 aromatic carbocycles. The fraction of sp³-hybridized carbons (Fsp3) is 0. The number of anilines is 1. The first-order chi connectivity index (χ1) is 11.8. The molecule has 6 nitrogen and oxygen atoms in total. The SMILES string of the molecule is Nc1nccc(-c2ccc3c(/C=C/c4cccnc4)n[nH]c3c2)n1. The minimum absolute atomic E-state index is 0.261. The van der Waals surface area contributed by atoms with Crippen molar-refractivity contribution >= 4 is 29.0 Å². The number of hydrogen-bond donors (Lipinski definition) is 2. The van der Waals surface area contributed by atoms with E-state index in [9.17, 15) is 0 Å². The van der Waals surface area contributed by atoms with Crippen molar-refractivity contribution in [1.82, 2.24) is 25.1 Å². The van der Waals surface area contributed by atoms with Gasteiger partial charge in [0.05, 0.1) is 16.9 Å². The van der Waals surface area contributed by atoms with Crippen LogP contribution >= 0.6 is 0 Å². The zero-order valence-corrected chi connectivity index (χ0v) is 12.7. The Morgan fingerprint density at radius 1 is 1.04 bits per heavy atom. The number of nitrogens with two attached hydrogens (primary N) is 1. The maximum atomic E-state index is 5.65. The predicted octanol–water partition coefficient (Wildman–Crippen LogP) is 3.17. The maximum Gasteiger partial charge on any atom is 0.220 e. The number of benzene rings is 1. The van der Waals surface area contributed by atoms with Crippen LogP contribution in [0.4, 0.5) is 5.95 Å². The molecule has 116 valence electrons. The Bertz CT molecular complexity index is 1020. The van der Waals surface area contributed by atoms with Gasteiger partial charge in [-0.1, -0.05) is 18.2 Å². The molecule has 3 N–H and O–H groups in total. The second kappa shape index (κ2) is 5.92. The molecule has 0 saturated heterocycles. The molecule has 0 aliphatic rings. The van der Waals surface area contributed by atoms with E-state index in [-0.39, 0.29) is 5.95 Å². The first kappa shape index (κ1) is 14.1. The van der Waals surface area contributed by atoms with E-state index in [4.69, 9.17) is 5.73 Å². The van der Waals surface area contributed by atoms with Gasteiger partial charge in [-0.05, 0) is 35.9 Å². The first-order valence-corrected chi connectivity index (χ1v) is 7.45. The van der Waals surface area contributed by atoms with Crippen LogP contribution in [0.25, 0.3) is 34.3 Å². The lowest BCUT2D eigenvalue weighted by Gasteiger charge is -2.01. The molecule has 0 saturated carbocycles. The molecule has 4 aromatic rings. The van der Waals surface area contributed by atoms with E-state index in [2.05, 4.69) is 25.1 Å². The summed E-state index contributed by atoms with van der Waals surface area (Å²) in [5, 5.41) is 8.47. The van der Waals surface area contributed by atoms with Gasteiger partial charge in [0.1, 0.15) is 0 Å². The highest BCUT2D eigenvalue weighted by Gasteiger charge is 2.06. The highest BCUT2D eigenvalue weighted by Crippen LogP contribution is 2.24. The topological polar surface area (TPSA) is 93.4 Å². The lowest BCUT2D eigenvalue weighted by Crippen LogP contribution is -1.94.